The highest BCUT2D eigenvalue weighted by Crippen LogP contribution is 2.38. The molecule has 2 heterocycles. The maximum Gasteiger partial charge on any atom is 0.255 e. The molecule has 7 nitrogen and oxygen atoms in total. The Kier molecular flexibility index (Phi) is 6.62. The van der Waals surface area contributed by atoms with E-state index in [4.69, 9.17) is 9.47 Å². The summed E-state index contributed by atoms with van der Waals surface area (Å²) in [4.78, 5) is 13.8. The summed E-state index contributed by atoms with van der Waals surface area (Å²) in [5.41, 5.74) is 0.849. The fourth-order valence-electron chi connectivity index (χ4n) is 4.80. The summed E-state index contributed by atoms with van der Waals surface area (Å²) >= 11 is 0. The minimum Gasteiger partial charge on any atom is -0.485 e. The van der Waals surface area contributed by atoms with E-state index < -0.39 is 15.4 Å². The first-order chi connectivity index (χ1) is 15.3. The van der Waals surface area contributed by atoms with Crippen molar-refractivity contribution >= 4 is 15.7 Å². The number of carbonyl (C=O) groups is 1. The van der Waals surface area contributed by atoms with E-state index in [0.29, 0.717) is 0 Å². The number of fused-ring (bicyclic) bond motifs is 1. The van der Waals surface area contributed by atoms with Gasteiger partial charge in [-0.25, -0.2) is 8.42 Å². The second-order valence-electron chi connectivity index (χ2n) is 8.78. The molecule has 1 saturated heterocycles. The van der Waals surface area contributed by atoms with Crippen LogP contribution in [0, 0.1) is 0 Å². The Bertz CT molecular complexity index is 1040. The standard InChI is InChI=1S/C24H32N2O5S/c1-3-32(28,29)18-15-19(22-20(16-18)30-13-8-14-31-22)23(27)26-24(2,21-11-7-12-25-21)17-9-5-4-6-10-17/h8-9,13,15-16,21,25H,3-7,10-12,14H2,1-2H3,(H,26,27). The van der Waals surface area contributed by atoms with Crippen LogP contribution in [0.3, 0.4) is 0 Å². The Morgan fingerprint density at radius 1 is 1.28 bits per heavy atom. The predicted octanol–water partition coefficient (Wildman–Crippen LogP) is 3.51. The molecule has 2 unspecified atom stereocenters. The van der Waals surface area contributed by atoms with Crippen LogP contribution >= 0.6 is 0 Å². The number of hydrogen-bond acceptors (Lipinski definition) is 6. The van der Waals surface area contributed by atoms with E-state index >= 15 is 0 Å². The average Bonchev–Trinajstić information content (AvgIpc) is 3.25. The van der Waals surface area contributed by atoms with E-state index in [2.05, 4.69) is 23.6 Å². The van der Waals surface area contributed by atoms with Crippen molar-refractivity contribution < 1.29 is 22.7 Å². The topological polar surface area (TPSA) is 93.7 Å². The third-order valence-corrected chi connectivity index (χ3v) is 8.43. The molecule has 2 aliphatic heterocycles. The van der Waals surface area contributed by atoms with Crippen LogP contribution in [-0.4, -0.2) is 44.8 Å². The van der Waals surface area contributed by atoms with Crippen molar-refractivity contribution in [3.63, 3.8) is 0 Å². The van der Waals surface area contributed by atoms with Gasteiger partial charge in [-0.3, -0.25) is 4.79 Å². The number of carbonyl (C=O) groups excluding carboxylic acids is 1. The summed E-state index contributed by atoms with van der Waals surface area (Å²) in [5.74, 6) is 0.0700. The van der Waals surface area contributed by atoms with Crippen molar-refractivity contribution in [1.82, 2.24) is 10.6 Å². The molecular weight excluding hydrogens is 428 g/mol. The fraction of sp³-hybridized carbons (Fsp3) is 0.542. The first-order valence-corrected chi connectivity index (χ1v) is 13.1. The van der Waals surface area contributed by atoms with E-state index in [-0.39, 0.29) is 46.3 Å². The molecule has 174 valence electrons. The number of benzene rings is 1. The fourth-order valence-corrected chi connectivity index (χ4v) is 5.72. The van der Waals surface area contributed by atoms with E-state index in [1.165, 1.54) is 24.0 Å². The molecule has 0 saturated carbocycles. The Balaban J connectivity index is 1.75. The smallest absolute Gasteiger partial charge is 0.255 e. The van der Waals surface area contributed by atoms with Crippen LogP contribution in [0.5, 0.6) is 11.5 Å². The van der Waals surface area contributed by atoms with E-state index in [0.717, 1.165) is 45.1 Å². The highest BCUT2D eigenvalue weighted by atomic mass is 32.2. The molecule has 0 aromatic heterocycles. The summed E-state index contributed by atoms with van der Waals surface area (Å²) in [7, 11) is -3.54. The molecule has 0 spiro atoms. The average molecular weight is 461 g/mol. The SMILES string of the molecule is CCS(=O)(=O)c1cc2c(c(C(=O)NC(C)(C3=CCCCC3)C3CCCN3)c1)OCC=CO2. The molecule has 8 heteroatoms. The Morgan fingerprint density at radius 3 is 2.81 bits per heavy atom. The van der Waals surface area contributed by atoms with Crippen molar-refractivity contribution in [3.8, 4) is 11.5 Å². The van der Waals surface area contributed by atoms with Crippen LogP contribution < -0.4 is 20.1 Å². The third kappa shape index (κ3) is 4.43. The lowest BCUT2D eigenvalue weighted by Gasteiger charge is -2.40. The van der Waals surface area contributed by atoms with Gasteiger partial charge in [0.05, 0.1) is 28.0 Å². The van der Waals surface area contributed by atoms with Crippen molar-refractivity contribution in [2.75, 3.05) is 18.9 Å². The molecule has 2 N–H and O–H groups in total. The van der Waals surface area contributed by atoms with Crippen molar-refractivity contribution in [3.05, 3.63) is 41.7 Å². The molecule has 1 aromatic rings. The van der Waals surface area contributed by atoms with E-state index in [1.807, 2.05) is 0 Å². The van der Waals surface area contributed by atoms with Crippen LogP contribution in [0.1, 0.15) is 62.7 Å². The third-order valence-electron chi connectivity index (χ3n) is 6.72. The molecule has 0 bridgehead atoms. The minimum atomic E-state index is -3.54. The van der Waals surface area contributed by atoms with Gasteiger partial charge >= 0.3 is 0 Å². The molecule has 1 amide bonds. The molecule has 3 aliphatic rings. The first kappa shape index (κ1) is 22.9. The van der Waals surface area contributed by atoms with Gasteiger partial charge in [0, 0.05) is 12.1 Å². The number of nitrogens with one attached hydrogen (secondary N) is 2. The second-order valence-corrected chi connectivity index (χ2v) is 11.1. The molecule has 1 aliphatic carbocycles. The van der Waals surface area contributed by atoms with Crippen molar-refractivity contribution in [2.45, 2.75) is 68.8 Å². The lowest BCUT2D eigenvalue weighted by molar-refractivity contribution is 0.0897. The molecule has 32 heavy (non-hydrogen) atoms. The van der Waals surface area contributed by atoms with Gasteiger partial charge in [-0.05, 0) is 69.7 Å². The van der Waals surface area contributed by atoms with Gasteiger partial charge in [0.15, 0.2) is 21.3 Å². The van der Waals surface area contributed by atoms with Gasteiger partial charge in [0.2, 0.25) is 0 Å². The maximum absolute atomic E-state index is 13.7. The molecule has 2 atom stereocenters. The zero-order valence-electron chi connectivity index (χ0n) is 18.8. The molecule has 4 rings (SSSR count). The van der Waals surface area contributed by atoms with Gasteiger partial charge in [0.25, 0.3) is 5.91 Å². The van der Waals surface area contributed by atoms with Crippen LogP contribution in [0.4, 0.5) is 0 Å². The van der Waals surface area contributed by atoms with E-state index in [9.17, 15) is 13.2 Å². The van der Waals surface area contributed by atoms with Crippen molar-refractivity contribution in [1.29, 1.82) is 0 Å². The largest absolute Gasteiger partial charge is 0.485 e. The number of rotatable bonds is 6. The second kappa shape index (κ2) is 9.27. The number of ether oxygens (including phenoxy) is 2. The minimum absolute atomic E-state index is 0.0559. The summed E-state index contributed by atoms with van der Waals surface area (Å²) in [5, 5.41) is 6.82. The quantitative estimate of drug-likeness (QED) is 0.631. The van der Waals surface area contributed by atoms with Gasteiger partial charge in [0.1, 0.15) is 6.61 Å². The van der Waals surface area contributed by atoms with Gasteiger partial charge < -0.3 is 20.1 Å². The van der Waals surface area contributed by atoms with Crippen LogP contribution in [0.2, 0.25) is 0 Å². The highest BCUT2D eigenvalue weighted by Gasteiger charge is 2.41. The monoisotopic (exact) mass is 460 g/mol. The lowest BCUT2D eigenvalue weighted by atomic mass is 9.78. The number of hydrogen-bond donors (Lipinski definition) is 2. The predicted molar refractivity (Wildman–Crippen MR) is 123 cm³/mol. The number of allylic oxidation sites excluding steroid dienone is 1. The molecule has 1 aromatic carbocycles. The Hall–Kier alpha value is -2.32. The number of amides is 1. The summed E-state index contributed by atoms with van der Waals surface area (Å²) in [6.07, 6.45) is 11.6. The lowest BCUT2D eigenvalue weighted by Crippen LogP contribution is -2.59. The van der Waals surface area contributed by atoms with Gasteiger partial charge in [-0.15, -0.1) is 0 Å². The van der Waals surface area contributed by atoms with Crippen molar-refractivity contribution in [2.24, 2.45) is 0 Å². The normalized spacial score (nSPS) is 22.6. The summed E-state index contributed by atoms with van der Waals surface area (Å²) in [6.45, 7) is 4.82. The molecular formula is C24H32N2O5S. The van der Waals surface area contributed by atoms with Crippen LogP contribution in [0.25, 0.3) is 0 Å². The zero-order valence-corrected chi connectivity index (χ0v) is 19.6. The maximum atomic E-state index is 13.7. The van der Waals surface area contributed by atoms with Crippen LogP contribution in [-0.2, 0) is 9.84 Å². The summed E-state index contributed by atoms with van der Waals surface area (Å²) in [6, 6.07) is 2.97. The van der Waals surface area contributed by atoms with Gasteiger partial charge in [-0.2, -0.15) is 0 Å². The molecule has 0 radical (unpaired) electrons. The zero-order chi connectivity index (χ0) is 22.8. The first-order valence-electron chi connectivity index (χ1n) is 11.5. The molecule has 1 fully saturated rings. The van der Waals surface area contributed by atoms with Gasteiger partial charge in [-0.1, -0.05) is 13.0 Å². The highest BCUT2D eigenvalue weighted by molar-refractivity contribution is 7.91. The Morgan fingerprint density at radius 2 is 2.12 bits per heavy atom. The summed E-state index contributed by atoms with van der Waals surface area (Å²) < 4.78 is 36.6. The van der Waals surface area contributed by atoms with E-state index in [1.54, 1.807) is 13.0 Å². The van der Waals surface area contributed by atoms with Crippen LogP contribution in [0.15, 0.2) is 41.0 Å². The number of sulfone groups is 1. The Labute approximate surface area is 190 Å².